The molecule has 342 valence electrons. The average molecular weight is 931 g/mol. The Morgan fingerprint density at radius 3 is 2.33 bits per heavy atom. The molecule has 1 aliphatic heterocycles. The summed E-state index contributed by atoms with van der Waals surface area (Å²) in [6, 6.07) is 27.3. The molecule has 0 saturated carbocycles. The number of ether oxygens (including phenoxy) is 3. The molecule has 4 aromatic carbocycles. The third-order valence-corrected chi connectivity index (χ3v) is 11.4. The number of rotatable bonds is 15. The Hall–Kier alpha value is -6.46. The number of nitrogens with zero attached hydrogens (tertiary/aromatic N) is 5. The fourth-order valence-corrected chi connectivity index (χ4v) is 8.29. The number of benzene rings is 4. The van der Waals surface area contributed by atoms with Gasteiger partial charge < -0.3 is 29.7 Å². The van der Waals surface area contributed by atoms with E-state index in [1.54, 1.807) is 17.2 Å². The highest BCUT2D eigenvalue weighted by Gasteiger charge is 2.29. The summed E-state index contributed by atoms with van der Waals surface area (Å²) >= 11 is 14.2. The van der Waals surface area contributed by atoms with Crippen molar-refractivity contribution in [1.29, 1.82) is 5.26 Å². The van der Waals surface area contributed by atoms with Gasteiger partial charge in [0.25, 0.3) is 0 Å². The van der Waals surface area contributed by atoms with Crippen molar-refractivity contribution in [2.75, 3.05) is 13.1 Å². The second-order valence-electron chi connectivity index (χ2n) is 18.3. The monoisotopic (exact) mass is 929 g/mol. The molecule has 7 rings (SSSR count). The molecular formula is C51H53Cl2N7O6. The molecule has 3 heterocycles. The summed E-state index contributed by atoms with van der Waals surface area (Å²) in [6.07, 6.45) is 5.64. The summed E-state index contributed by atoms with van der Waals surface area (Å²) < 4.78 is 19.4. The van der Waals surface area contributed by atoms with Crippen molar-refractivity contribution in [3.05, 3.63) is 135 Å². The smallest absolute Gasteiger partial charge is 0.410 e. The van der Waals surface area contributed by atoms with Crippen LogP contribution in [0.15, 0.2) is 97.5 Å². The van der Waals surface area contributed by atoms with Gasteiger partial charge in [0.15, 0.2) is 0 Å². The number of halogens is 2. The number of pyridine rings is 1. The van der Waals surface area contributed by atoms with Gasteiger partial charge in [-0.15, -0.1) is 0 Å². The topological polar surface area (TPSA) is 161 Å². The van der Waals surface area contributed by atoms with Crippen molar-refractivity contribution in [2.45, 2.75) is 97.9 Å². The van der Waals surface area contributed by atoms with Crippen molar-refractivity contribution in [1.82, 2.24) is 30.3 Å². The van der Waals surface area contributed by atoms with Crippen LogP contribution in [0.3, 0.4) is 0 Å². The average Bonchev–Trinajstić information content (AvgIpc) is 3.88. The Labute approximate surface area is 395 Å². The maximum Gasteiger partial charge on any atom is 0.410 e. The van der Waals surface area contributed by atoms with Crippen LogP contribution in [0, 0.1) is 11.3 Å². The van der Waals surface area contributed by atoms with Gasteiger partial charge in [0.2, 0.25) is 5.91 Å². The minimum Gasteiger partial charge on any atom is -0.489 e. The normalized spacial score (nSPS) is 13.9. The van der Waals surface area contributed by atoms with E-state index >= 15 is 0 Å². The lowest BCUT2D eigenvalue weighted by Crippen LogP contribution is -2.43. The van der Waals surface area contributed by atoms with E-state index in [9.17, 15) is 19.6 Å². The molecule has 1 aliphatic rings. The number of esters is 1. The Bertz CT molecular complexity index is 2790. The van der Waals surface area contributed by atoms with Crippen LogP contribution in [0.2, 0.25) is 10.0 Å². The number of hydrogen-bond acceptors (Lipinski definition) is 10. The summed E-state index contributed by atoms with van der Waals surface area (Å²) in [4.78, 5) is 43.4. The fourth-order valence-electron chi connectivity index (χ4n) is 7.70. The standard InChI is InChI=1S/C51H53Cl2N7O6/c1-50(2,3)65-47(62)27-56-25-36-20-43(52)37(21-45(36)64-31-34-19-33(22-54)23-55-24-34)29-60-44-12-8-10-40(42(44)26-57-60)41-11-7-9-39(48(41)53)35-15-13-32(14-16-35)28-59(49(63)66-51(4,5)6)30-38-17-18-46(61)58-38/h7-16,19-21,23-24,26,38,56H,17-18,25,27-31H2,1-6H3,(H,58,61)/t38-/m0/s1. The molecule has 0 spiro atoms. The van der Waals surface area contributed by atoms with E-state index in [-0.39, 0.29) is 37.6 Å². The molecule has 0 radical (unpaired) electrons. The first-order valence-corrected chi connectivity index (χ1v) is 22.5. The van der Waals surface area contributed by atoms with Gasteiger partial charge in [-0.05, 0) is 94.5 Å². The van der Waals surface area contributed by atoms with Crippen molar-refractivity contribution >= 4 is 52.1 Å². The van der Waals surface area contributed by atoms with Gasteiger partial charge in [0, 0.05) is 77.2 Å². The van der Waals surface area contributed by atoms with Gasteiger partial charge in [0.1, 0.15) is 29.6 Å². The summed E-state index contributed by atoms with van der Waals surface area (Å²) in [5.74, 6) is 0.152. The molecule has 1 atom stereocenters. The Morgan fingerprint density at radius 1 is 0.894 bits per heavy atom. The van der Waals surface area contributed by atoms with Crippen LogP contribution in [0.1, 0.15) is 82.2 Å². The highest BCUT2D eigenvalue weighted by Crippen LogP contribution is 2.40. The lowest BCUT2D eigenvalue weighted by molar-refractivity contribution is -0.153. The number of amides is 2. The Morgan fingerprint density at radius 2 is 1.62 bits per heavy atom. The second kappa shape index (κ2) is 20.4. The number of nitriles is 1. The zero-order valence-corrected chi connectivity index (χ0v) is 39.4. The van der Waals surface area contributed by atoms with E-state index in [0.717, 1.165) is 55.4 Å². The predicted octanol–water partition coefficient (Wildman–Crippen LogP) is 10.0. The van der Waals surface area contributed by atoms with E-state index in [1.807, 2.05) is 125 Å². The molecule has 15 heteroatoms. The second-order valence-corrected chi connectivity index (χ2v) is 19.1. The molecule has 1 saturated heterocycles. The highest BCUT2D eigenvalue weighted by molar-refractivity contribution is 6.36. The van der Waals surface area contributed by atoms with Gasteiger partial charge in [0.05, 0.1) is 35.4 Å². The fraction of sp³-hybridized carbons (Fsp3) is 0.333. The van der Waals surface area contributed by atoms with Crippen molar-refractivity contribution in [3.63, 3.8) is 0 Å². The van der Waals surface area contributed by atoms with Gasteiger partial charge in [-0.2, -0.15) is 10.4 Å². The summed E-state index contributed by atoms with van der Waals surface area (Å²) in [6.45, 7) is 12.4. The zero-order chi connectivity index (χ0) is 47.2. The van der Waals surface area contributed by atoms with Crippen LogP contribution < -0.4 is 15.4 Å². The van der Waals surface area contributed by atoms with Gasteiger partial charge in [-0.1, -0.05) is 77.8 Å². The number of hydrogen-bond donors (Lipinski definition) is 2. The van der Waals surface area contributed by atoms with E-state index in [4.69, 9.17) is 42.5 Å². The predicted molar refractivity (Wildman–Crippen MR) is 255 cm³/mol. The lowest BCUT2D eigenvalue weighted by Gasteiger charge is -2.29. The third-order valence-electron chi connectivity index (χ3n) is 10.7. The van der Waals surface area contributed by atoms with Crippen LogP contribution in [-0.4, -0.2) is 68.0 Å². The van der Waals surface area contributed by atoms with Crippen LogP contribution in [0.25, 0.3) is 33.2 Å². The zero-order valence-electron chi connectivity index (χ0n) is 37.9. The summed E-state index contributed by atoms with van der Waals surface area (Å²) in [5, 5.41) is 22.3. The number of fused-ring (bicyclic) bond motifs is 1. The molecule has 2 aromatic heterocycles. The molecule has 1 fully saturated rings. The summed E-state index contributed by atoms with van der Waals surface area (Å²) in [7, 11) is 0. The van der Waals surface area contributed by atoms with Crippen molar-refractivity contribution in [3.8, 4) is 34.1 Å². The minimum atomic E-state index is -0.666. The molecule has 0 unspecified atom stereocenters. The van der Waals surface area contributed by atoms with Gasteiger partial charge in [-0.3, -0.25) is 19.3 Å². The van der Waals surface area contributed by atoms with E-state index in [2.05, 4.69) is 21.7 Å². The number of aromatic nitrogens is 3. The molecule has 2 N–H and O–H groups in total. The highest BCUT2D eigenvalue weighted by atomic mass is 35.5. The molecule has 13 nitrogen and oxygen atoms in total. The van der Waals surface area contributed by atoms with Gasteiger partial charge in [-0.25, -0.2) is 4.79 Å². The first-order chi connectivity index (χ1) is 31.4. The molecule has 66 heavy (non-hydrogen) atoms. The van der Waals surface area contributed by atoms with Crippen LogP contribution >= 0.6 is 23.2 Å². The third kappa shape index (κ3) is 12.2. The maximum atomic E-state index is 13.3. The molecular weight excluding hydrogens is 878 g/mol. The number of carbonyl (C=O) groups is 3. The number of nitrogens with one attached hydrogen (secondary N) is 2. The van der Waals surface area contributed by atoms with E-state index in [1.165, 1.54) is 6.20 Å². The molecule has 6 aromatic rings. The summed E-state index contributed by atoms with van der Waals surface area (Å²) in [5.41, 5.74) is 6.62. The van der Waals surface area contributed by atoms with Crippen LogP contribution in [-0.2, 0) is 45.3 Å². The van der Waals surface area contributed by atoms with E-state index in [0.29, 0.717) is 53.8 Å². The Balaban J connectivity index is 1.12. The minimum absolute atomic E-state index is 0.00857. The first kappa shape index (κ1) is 47.5. The SMILES string of the molecule is CC(C)(C)OC(=O)CNCc1cc(Cl)c(Cn2ncc3c(-c4cccc(-c5ccc(CN(C[C@@H]6CCC(=O)N6)C(=O)OC(C)(C)C)cc5)c4Cl)cccc32)cc1OCc1cncc(C#N)c1. The molecule has 2 amide bonds. The van der Waals surface area contributed by atoms with Crippen LogP contribution in [0.4, 0.5) is 4.79 Å². The van der Waals surface area contributed by atoms with Crippen molar-refractivity contribution < 1.29 is 28.6 Å². The first-order valence-electron chi connectivity index (χ1n) is 21.7. The quantitative estimate of drug-likeness (QED) is 0.0949. The maximum absolute atomic E-state index is 13.3. The van der Waals surface area contributed by atoms with Crippen LogP contribution in [0.5, 0.6) is 5.75 Å². The largest absolute Gasteiger partial charge is 0.489 e. The van der Waals surface area contributed by atoms with Gasteiger partial charge >= 0.3 is 12.1 Å². The molecule has 0 aliphatic carbocycles. The lowest BCUT2D eigenvalue weighted by atomic mass is 9.96. The van der Waals surface area contributed by atoms with E-state index < -0.39 is 17.3 Å². The van der Waals surface area contributed by atoms with Crippen molar-refractivity contribution in [2.24, 2.45) is 0 Å². The number of carbonyl (C=O) groups excluding carboxylic acids is 3. The molecule has 0 bridgehead atoms. The Kier molecular flexibility index (Phi) is 14.7.